The predicted octanol–water partition coefficient (Wildman–Crippen LogP) is 0.164. The van der Waals surface area contributed by atoms with Gasteiger partial charge in [-0.3, -0.25) is 9.59 Å². The van der Waals surface area contributed by atoms with Crippen LogP contribution in [0.3, 0.4) is 0 Å². The lowest BCUT2D eigenvalue weighted by atomic mass is 9.95. The largest absolute Gasteiger partial charge is 0.481 e. The predicted molar refractivity (Wildman–Crippen MR) is 60.0 cm³/mol. The molecule has 0 spiro atoms. The standard InChI is InChI=1S/C11H20N2O3/c1-7(8(2)11(15)16)10(14)12-9-4-5-13(3)6-9/h7-9H,4-6H2,1-3H3,(H,12,14)(H,15,16). The second-order valence-electron chi connectivity index (χ2n) is 4.67. The van der Waals surface area contributed by atoms with Crippen LogP contribution >= 0.6 is 0 Å². The van der Waals surface area contributed by atoms with E-state index in [2.05, 4.69) is 10.2 Å². The van der Waals surface area contributed by atoms with E-state index in [1.807, 2.05) is 7.05 Å². The molecule has 1 amide bonds. The third-order valence-corrected chi connectivity index (χ3v) is 3.29. The Kier molecular flexibility index (Phi) is 4.29. The molecular formula is C11H20N2O3. The quantitative estimate of drug-likeness (QED) is 0.719. The van der Waals surface area contributed by atoms with Gasteiger partial charge in [-0.05, 0) is 20.0 Å². The molecule has 16 heavy (non-hydrogen) atoms. The van der Waals surface area contributed by atoms with Gasteiger partial charge in [0.15, 0.2) is 0 Å². The molecule has 1 aliphatic heterocycles. The van der Waals surface area contributed by atoms with E-state index < -0.39 is 17.8 Å². The summed E-state index contributed by atoms with van der Waals surface area (Å²) in [5, 5.41) is 11.7. The highest BCUT2D eigenvalue weighted by molar-refractivity contribution is 5.84. The van der Waals surface area contributed by atoms with Crippen LogP contribution in [0.1, 0.15) is 20.3 Å². The Morgan fingerprint density at radius 2 is 2.00 bits per heavy atom. The van der Waals surface area contributed by atoms with Gasteiger partial charge in [-0.2, -0.15) is 0 Å². The van der Waals surface area contributed by atoms with Crippen molar-refractivity contribution in [2.45, 2.75) is 26.3 Å². The Balaban J connectivity index is 2.43. The van der Waals surface area contributed by atoms with E-state index in [1.165, 1.54) is 0 Å². The summed E-state index contributed by atoms with van der Waals surface area (Å²) in [5.41, 5.74) is 0. The van der Waals surface area contributed by atoms with E-state index in [4.69, 9.17) is 5.11 Å². The smallest absolute Gasteiger partial charge is 0.307 e. The van der Waals surface area contributed by atoms with Gasteiger partial charge in [0, 0.05) is 18.5 Å². The Hall–Kier alpha value is -1.10. The summed E-state index contributed by atoms with van der Waals surface area (Å²) in [6, 6.07) is 0.168. The Labute approximate surface area is 95.8 Å². The van der Waals surface area contributed by atoms with Crippen LogP contribution in [0.4, 0.5) is 0 Å². The third-order valence-electron chi connectivity index (χ3n) is 3.29. The van der Waals surface area contributed by atoms with Crippen molar-refractivity contribution < 1.29 is 14.7 Å². The van der Waals surface area contributed by atoms with Crippen molar-refractivity contribution in [1.29, 1.82) is 0 Å². The first-order valence-corrected chi connectivity index (χ1v) is 5.63. The van der Waals surface area contributed by atoms with Gasteiger partial charge in [0.2, 0.25) is 5.91 Å². The zero-order valence-corrected chi connectivity index (χ0v) is 10.1. The van der Waals surface area contributed by atoms with Crippen LogP contribution in [0, 0.1) is 11.8 Å². The Bertz CT molecular complexity index is 280. The highest BCUT2D eigenvalue weighted by Gasteiger charge is 2.28. The molecule has 0 radical (unpaired) electrons. The number of hydrogen-bond acceptors (Lipinski definition) is 3. The fraction of sp³-hybridized carbons (Fsp3) is 0.818. The van der Waals surface area contributed by atoms with Gasteiger partial charge in [-0.1, -0.05) is 13.8 Å². The molecule has 3 atom stereocenters. The fourth-order valence-corrected chi connectivity index (χ4v) is 1.83. The number of likely N-dealkylation sites (tertiary alicyclic amines) is 1. The molecule has 1 saturated heterocycles. The van der Waals surface area contributed by atoms with E-state index in [0.717, 1.165) is 19.5 Å². The second kappa shape index (κ2) is 5.30. The van der Waals surface area contributed by atoms with Crippen LogP contribution in [-0.4, -0.2) is 48.1 Å². The maximum absolute atomic E-state index is 11.8. The second-order valence-corrected chi connectivity index (χ2v) is 4.67. The zero-order chi connectivity index (χ0) is 12.3. The number of carboxylic acid groups (broad SMARTS) is 1. The number of rotatable bonds is 4. The van der Waals surface area contributed by atoms with Crippen LogP contribution in [0.25, 0.3) is 0 Å². The first-order valence-electron chi connectivity index (χ1n) is 5.63. The maximum atomic E-state index is 11.8. The van der Waals surface area contributed by atoms with Gasteiger partial charge in [0.1, 0.15) is 0 Å². The molecule has 1 rings (SSSR count). The van der Waals surface area contributed by atoms with Crippen molar-refractivity contribution in [2.24, 2.45) is 11.8 Å². The lowest BCUT2D eigenvalue weighted by molar-refractivity contribution is -0.146. The molecule has 0 aromatic carbocycles. The minimum Gasteiger partial charge on any atom is -0.481 e. The summed E-state index contributed by atoms with van der Waals surface area (Å²) in [7, 11) is 2.01. The summed E-state index contributed by atoms with van der Waals surface area (Å²) < 4.78 is 0. The topological polar surface area (TPSA) is 69.6 Å². The van der Waals surface area contributed by atoms with E-state index in [-0.39, 0.29) is 11.9 Å². The normalized spacial score (nSPS) is 25.1. The van der Waals surface area contributed by atoms with E-state index >= 15 is 0 Å². The molecule has 5 nitrogen and oxygen atoms in total. The number of carboxylic acids is 1. The average Bonchev–Trinajstić information content (AvgIpc) is 2.61. The molecule has 0 aromatic rings. The molecule has 1 heterocycles. The van der Waals surface area contributed by atoms with Crippen molar-refractivity contribution >= 4 is 11.9 Å². The Morgan fingerprint density at radius 3 is 2.44 bits per heavy atom. The number of likely N-dealkylation sites (N-methyl/N-ethyl adjacent to an activating group) is 1. The molecule has 3 unspecified atom stereocenters. The van der Waals surface area contributed by atoms with Crippen molar-refractivity contribution in [3.63, 3.8) is 0 Å². The monoisotopic (exact) mass is 228 g/mol. The van der Waals surface area contributed by atoms with Crippen molar-refractivity contribution in [1.82, 2.24) is 10.2 Å². The van der Waals surface area contributed by atoms with E-state index in [0.29, 0.717) is 0 Å². The number of amides is 1. The van der Waals surface area contributed by atoms with E-state index in [1.54, 1.807) is 13.8 Å². The first-order chi connectivity index (χ1) is 7.41. The molecule has 5 heteroatoms. The lowest BCUT2D eigenvalue weighted by Crippen LogP contribution is -2.42. The lowest BCUT2D eigenvalue weighted by Gasteiger charge is -2.19. The van der Waals surface area contributed by atoms with Crippen molar-refractivity contribution in [3.05, 3.63) is 0 Å². The molecule has 2 N–H and O–H groups in total. The highest BCUT2D eigenvalue weighted by Crippen LogP contribution is 2.13. The van der Waals surface area contributed by atoms with E-state index in [9.17, 15) is 9.59 Å². The molecule has 0 bridgehead atoms. The van der Waals surface area contributed by atoms with Crippen LogP contribution < -0.4 is 5.32 Å². The first kappa shape index (κ1) is 13.0. The minimum atomic E-state index is -0.925. The summed E-state index contributed by atoms with van der Waals surface area (Å²) >= 11 is 0. The molecular weight excluding hydrogens is 208 g/mol. The average molecular weight is 228 g/mol. The van der Waals surface area contributed by atoms with Gasteiger partial charge in [-0.15, -0.1) is 0 Å². The zero-order valence-electron chi connectivity index (χ0n) is 10.1. The molecule has 1 aliphatic rings. The number of carbonyl (C=O) groups is 2. The highest BCUT2D eigenvalue weighted by atomic mass is 16.4. The fourth-order valence-electron chi connectivity index (χ4n) is 1.83. The SMILES string of the molecule is CC(C(=O)O)C(C)C(=O)NC1CCN(C)C1. The summed E-state index contributed by atoms with van der Waals surface area (Å²) in [4.78, 5) is 24.7. The summed E-state index contributed by atoms with van der Waals surface area (Å²) in [5.74, 6) is -2.20. The van der Waals surface area contributed by atoms with Crippen LogP contribution in [0.2, 0.25) is 0 Å². The van der Waals surface area contributed by atoms with Gasteiger partial charge < -0.3 is 15.3 Å². The van der Waals surface area contributed by atoms with Crippen molar-refractivity contribution in [2.75, 3.05) is 20.1 Å². The van der Waals surface area contributed by atoms with Gasteiger partial charge in [-0.25, -0.2) is 0 Å². The molecule has 0 aliphatic carbocycles. The minimum absolute atomic E-state index is 0.157. The number of nitrogens with zero attached hydrogens (tertiary/aromatic N) is 1. The third kappa shape index (κ3) is 3.20. The number of aliphatic carboxylic acids is 1. The molecule has 1 fully saturated rings. The summed E-state index contributed by atoms with van der Waals surface area (Å²) in [6.07, 6.45) is 0.941. The summed E-state index contributed by atoms with van der Waals surface area (Å²) in [6.45, 7) is 5.05. The number of hydrogen-bond donors (Lipinski definition) is 2. The number of carbonyl (C=O) groups excluding carboxylic acids is 1. The molecule has 92 valence electrons. The van der Waals surface area contributed by atoms with Crippen molar-refractivity contribution in [3.8, 4) is 0 Å². The van der Waals surface area contributed by atoms with Gasteiger partial charge in [0.05, 0.1) is 5.92 Å². The van der Waals surface area contributed by atoms with Crippen LogP contribution in [0.15, 0.2) is 0 Å². The van der Waals surface area contributed by atoms with Crippen LogP contribution in [0.5, 0.6) is 0 Å². The Morgan fingerprint density at radius 1 is 1.38 bits per heavy atom. The van der Waals surface area contributed by atoms with Gasteiger partial charge >= 0.3 is 5.97 Å². The maximum Gasteiger partial charge on any atom is 0.307 e. The molecule has 0 aromatic heterocycles. The number of nitrogens with one attached hydrogen (secondary N) is 1. The molecule has 0 saturated carbocycles. The van der Waals surface area contributed by atoms with Gasteiger partial charge in [0.25, 0.3) is 0 Å². The van der Waals surface area contributed by atoms with Crippen LogP contribution in [-0.2, 0) is 9.59 Å².